The van der Waals surface area contributed by atoms with Gasteiger partial charge in [0.1, 0.15) is 6.10 Å². The lowest BCUT2D eigenvalue weighted by molar-refractivity contribution is -0.248. The molecule has 0 aromatic heterocycles. The molecule has 3 rings (SSSR count). The molecule has 1 N–H and O–H groups in total. The molecule has 2 heterocycles. The van der Waals surface area contributed by atoms with Crippen molar-refractivity contribution in [1.82, 2.24) is 0 Å². The first-order valence-electron chi connectivity index (χ1n) is 12.3. The number of hydrogen-bond donors (Lipinski definition) is 1. The third kappa shape index (κ3) is 4.89. The summed E-state index contributed by atoms with van der Waals surface area (Å²) in [6.45, 7) is 13.5. The molecule has 1 saturated carbocycles. The summed E-state index contributed by atoms with van der Waals surface area (Å²) in [7, 11) is 0. The van der Waals surface area contributed by atoms with E-state index < -0.39 is 53.3 Å². The van der Waals surface area contributed by atoms with Gasteiger partial charge in [-0.15, -0.1) is 0 Å². The molecule has 192 valence electrons. The Balaban J connectivity index is 2.28. The molecule has 3 aliphatic rings. The van der Waals surface area contributed by atoms with Gasteiger partial charge in [-0.25, -0.2) is 0 Å². The van der Waals surface area contributed by atoms with Crippen molar-refractivity contribution in [2.75, 3.05) is 0 Å². The zero-order valence-electron chi connectivity index (χ0n) is 21.6. The van der Waals surface area contributed by atoms with Gasteiger partial charge in [0.2, 0.25) is 0 Å². The van der Waals surface area contributed by atoms with E-state index in [-0.39, 0.29) is 23.9 Å². The summed E-state index contributed by atoms with van der Waals surface area (Å²) >= 11 is 0. The number of carbonyl (C=O) groups excluding carboxylic acids is 3. The molecule has 0 aromatic carbocycles. The summed E-state index contributed by atoms with van der Waals surface area (Å²) in [5, 5.41) is 11.6. The van der Waals surface area contributed by atoms with Crippen LogP contribution in [0.25, 0.3) is 0 Å². The van der Waals surface area contributed by atoms with Gasteiger partial charge in [0.15, 0.2) is 11.7 Å². The third-order valence-electron chi connectivity index (χ3n) is 7.84. The smallest absolute Gasteiger partial charge is 0.303 e. The summed E-state index contributed by atoms with van der Waals surface area (Å²) in [4.78, 5) is 36.9. The van der Waals surface area contributed by atoms with Crippen LogP contribution in [-0.2, 0) is 33.3 Å². The molecule has 2 fully saturated rings. The van der Waals surface area contributed by atoms with E-state index >= 15 is 0 Å². The summed E-state index contributed by atoms with van der Waals surface area (Å²) in [5.41, 5.74) is -1.36. The molecule has 2 aliphatic heterocycles. The number of aliphatic hydroxyl groups is 1. The Bertz CT molecular complexity index is 846. The average Bonchev–Trinajstić information content (AvgIpc) is 3.05. The topological polar surface area (TPSA) is 108 Å². The van der Waals surface area contributed by atoms with Crippen molar-refractivity contribution in [3.8, 4) is 0 Å². The second-order valence-electron chi connectivity index (χ2n) is 11.1. The third-order valence-corrected chi connectivity index (χ3v) is 7.84. The van der Waals surface area contributed by atoms with Crippen molar-refractivity contribution < 1.29 is 38.4 Å². The molecule has 2 bridgehead atoms. The number of hydrogen-bond acceptors (Lipinski definition) is 8. The van der Waals surface area contributed by atoms with E-state index in [1.54, 1.807) is 13.8 Å². The lowest BCUT2D eigenvalue weighted by atomic mass is 9.55. The van der Waals surface area contributed by atoms with Crippen molar-refractivity contribution in [3.63, 3.8) is 0 Å². The van der Waals surface area contributed by atoms with Crippen molar-refractivity contribution in [2.45, 2.75) is 110 Å². The van der Waals surface area contributed by atoms with Gasteiger partial charge in [0, 0.05) is 38.5 Å². The molecule has 0 unspecified atom stereocenters. The summed E-state index contributed by atoms with van der Waals surface area (Å²) in [5.74, 6) is -2.60. The first-order chi connectivity index (χ1) is 15.7. The summed E-state index contributed by atoms with van der Waals surface area (Å²) in [6, 6.07) is 0. The van der Waals surface area contributed by atoms with E-state index in [4.69, 9.17) is 18.9 Å². The predicted molar refractivity (Wildman–Crippen MR) is 123 cm³/mol. The van der Waals surface area contributed by atoms with Gasteiger partial charge in [-0.3, -0.25) is 14.4 Å². The summed E-state index contributed by atoms with van der Waals surface area (Å²) < 4.78 is 24.2. The van der Waals surface area contributed by atoms with Crippen LogP contribution in [0.4, 0.5) is 0 Å². The quantitative estimate of drug-likeness (QED) is 0.371. The lowest BCUT2D eigenvalue weighted by Crippen LogP contribution is -2.69. The Morgan fingerprint density at radius 2 is 1.71 bits per heavy atom. The van der Waals surface area contributed by atoms with Gasteiger partial charge >= 0.3 is 17.9 Å². The molecule has 1 aliphatic carbocycles. The van der Waals surface area contributed by atoms with Gasteiger partial charge < -0.3 is 24.1 Å². The van der Waals surface area contributed by atoms with Crippen LogP contribution >= 0.6 is 0 Å². The molecule has 0 spiro atoms. The van der Waals surface area contributed by atoms with Crippen LogP contribution in [-0.4, -0.2) is 58.6 Å². The lowest BCUT2D eigenvalue weighted by Gasteiger charge is -2.55. The zero-order valence-corrected chi connectivity index (χ0v) is 21.6. The molecule has 0 amide bonds. The monoisotopic (exact) mass is 480 g/mol. The fourth-order valence-corrected chi connectivity index (χ4v) is 6.77. The van der Waals surface area contributed by atoms with Gasteiger partial charge in [-0.2, -0.15) is 0 Å². The van der Waals surface area contributed by atoms with E-state index in [0.717, 1.165) is 12.0 Å². The number of esters is 3. The van der Waals surface area contributed by atoms with E-state index in [1.807, 2.05) is 20.8 Å². The molecule has 0 radical (unpaired) electrons. The summed E-state index contributed by atoms with van der Waals surface area (Å²) in [6.07, 6.45) is 1.11. The van der Waals surface area contributed by atoms with E-state index in [0.29, 0.717) is 12.8 Å². The first-order valence-corrected chi connectivity index (χ1v) is 12.3. The Morgan fingerprint density at radius 1 is 1.09 bits per heavy atom. The Morgan fingerprint density at radius 3 is 2.24 bits per heavy atom. The van der Waals surface area contributed by atoms with Crippen LogP contribution in [0.1, 0.15) is 74.7 Å². The van der Waals surface area contributed by atoms with Crippen LogP contribution in [0, 0.1) is 23.7 Å². The Labute approximate surface area is 202 Å². The fraction of sp³-hybridized carbons (Fsp3) is 0.808. The second-order valence-corrected chi connectivity index (χ2v) is 11.1. The highest BCUT2D eigenvalue weighted by Crippen LogP contribution is 2.58. The molecule has 9 atom stereocenters. The normalized spacial score (nSPS) is 43.5. The number of ether oxygens (including phenoxy) is 4. The van der Waals surface area contributed by atoms with E-state index in [9.17, 15) is 19.5 Å². The second kappa shape index (κ2) is 9.61. The minimum absolute atomic E-state index is 0.00276. The van der Waals surface area contributed by atoms with Crippen molar-refractivity contribution in [1.29, 1.82) is 0 Å². The minimum Gasteiger partial charge on any atom is -0.458 e. The van der Waals surface area contributed by atoms with Gasteiger partial charge in [0.05, 0.1) is 17.8 Å². The number of carbonyl (C=O) groups is 3. The first kappa shape index (κ1) is 26.7. The molecule has 8 nitrogen and oxygen atoms in total. The van der Waals surface area contributed by atoms with Gasteiger partial charge in [0.25, 0.3) is 0 Å². The van der Waals surface area contributed by atoms with Crippen LogP contribution in [0.3, 0.4) is 0 Å². The standard InChI is InChI=1S/C26H40O8/c1-13(2)19-20-21(18-12-14(3)10-9-11-25(7,30)23(20)33-18)26(8,34-17(6)29)24(32-16(5)28)22(19)31-15(4)27/h10,13,18-24,30H,9,11-12H2,1-8H3/b14-10-/t18-,19-,20-,21-,22+,23-,24+,25-,26+/m0/s1. The molecule has 1 saturated heterocycles. The molecular formula is C26H40O8. The zero-order chi connectivity index (χ0) is 25.6. The van der Waals surface area contributed by atoms with Crippen LogP contribution in [0.5, 0.6) is 0 Å². The van der Waals surface area contributed by atoms with Crippen LogP contribution in [0.15, 0.2) is 11.6 Å². The van der Waals surface area contributed by atoms with Crippen molar-refractivity contribution in [3.05, 3.63) is 11.6 Å². The molecule has 8 heteroatoms. The molecular weight excluding hydrogens is 440 g/mol. The SMILES string of the molecule is CC(=O)O[C@@H]1[C@@H](C(C)C)[C@H]2[C@H]([C@@H]3C/C(C)=C\CC[C@](C)(O)[C@H]2O3)[C@@](C)(OC(C)=O)[C@@H]1OC(C)=O. The largest absolute Gasteiger partial charge is 0.458 e. The Kier molecular flexibility index (Phi) is 7.54. The number of allylic oxidation sites excluding steroid dienone is 1. The maximum atomic E-state index is 12.4. The minimum atomic E-state index is -1.33. The van der Waals surface area contributed by atoms with Crippen LogP contribution < -0.4 is 0 Å². The van der Waals surface area contributed by atoms with E-state index in [2.05, 4.69) is 6.08 Å². The number of rotatable bonds is 4. The highest BCUT2D eigenvalue weighted by Gasteiger charge is 2.70. The predicted octanol–water partition coefficient (Wildman–Crippen LogP) is 3.34. The van der Waals surface area contributed by atoms with Crippen molar-refractivity contribution in [2.24, 2.45) is 23.7 Å². The highest BCUT2D eigenvalue weighted by molar-refractivity contribution is 5.69. The Hall–Kier alpha value is -1.93. The highest BCUT2D eigenvalue weighted by atomic mass is 16.6. The van der Waals surface area contributed by atoms with Gasteiger partial charge in [-0.05, 0) is 46.0 Å². The van der Waals surface area contributed by atoms with E-state index in [1.165, 1.54) is 20.8 Å². The average molecular weight is 481 g/mol. The fourth-order valence-electron chi connectivity index (χ4n) is 6.77. The maximum Gasteiger partial charge on any atom is 0.303 e. The van der Waals surface area contributed by atoms with Crippen LogP contribution in [0.2, 0.25) is 0 Å². The number of fused-ring (bicyclic) bond motifs is 5. The molecule has 0 aromatic rings. The molecule has 34 heavy (non-hydrogen) atoms. The van der Waals surface area contributed by atoms with Gasteiger partial charge in [-0.1, -0.05) is 25.5 Å². The van der Waals surface area contributed by atoms with Crippen molar-refractivity contribution >= 4 is 17.9 Å². The maximum absolute atomic E-state index is 12.4.